The van der Waals surface area contributed by atoms with Crippen LogP contribution in [0.1, 0.15) is 40.0 Å². The van der Waals surface area contributed by atoms with Crippen molar-refractivity contribution in [2.24, 2.45) is 11.7 Å². The monoisotopic (exact) mass is 258 g/mol. The third-order valence-electron chi connectivity index (χ3n) is 3.89. The van der Waals surface area contributed by atoms with Crippen molar-refractivity contribution < 1.29 is 9.47 Å². The van der Waals surface area contributed by atoms with Gasteiger partial charge in [0.1, 0.15) is 0 Å². The number of hydrogen-bond acceptors (Lipinski definition) is 4. The lowest BCUT2D eigenvalue weighted by molar-refractivity contribution is -0.151. The fourth-order valence-electron chi connectivity index (χ4n) is 2.99. The van der Waals surface area contributed by atoms with E-state index in [1.165, 1.54) is 19.3 Å². The van der Waals surface area contributed by atoms with Crippen LogP contribution < -0.4 is 5.73 Å². The van der Waals surface area contributed by atoms with Crippen LogP contribution in [0.25, 0.3) is 0 Å². The van der Waals surface area contributed by atoms with Crippen LogP contribution in [0.3, 0.4) is 0 Å². The van der Waals surface area contributed by atoms with Gasteiger partial charge in [0.05, 0.1) is 0 Å². The Bertz CT molecular complexity index is 208. The van der Waals surface area contributed by atoms with E-state index in [0.717, 1.165) is 19.6 Å². The second-order valence-electron chi connectivity index (χ2n) is 4.92. The summed E-state index contributed by atoms with van der Waals surface area (Å²) in [5.41, 5.74) is 5.88. The first-order valence-corrected chi connectivity index (χ1v) is 7.44. The molecule has 4 heteroatoms. The first kappa shape index (κ1) is 15.9. The smallest absolute Gasteiger partial charge is 0.170 e. The molecule has 18 heavy (non-hydrogen) atoms. The van der Waals surface area contributed by atoms with Crippen LogP contribution in [0.15, 0.2) is 0 Å². The number of nitrogens with zero attached hydrogens (tertiary/aromatic N) is 1. The van der Waals surface area contributed by atoms with E-state index < -0.39 is 0 Å². The zero-order chi connectivity index (χ0) is 13.4. The van der Waals surface area contributed by atoms with Gasteiger partial charge < -0.3 is 15.2 Å². The van der Waals surface area contributed by atoms with E-state index in [-0.39, 0.29) is 6.29 Å². The Hall–Kier alpha value is -0.160. The Morgan fingerprint density at radius 3 is 2.33 bits per heavy atom. The molecule has 4 nitrogen and oxygen atoms in total. The van der Waals surface area contributed by atoms with Crippen molar-refractivity contribution >= 4 is 0 Å². The zero-order valence-corrected chi connectivity index (χ0v) is 12.2. The van der Waals surface area contributed by atoms with Crippen LogP contribution in [0.2, 0.25) is 0 Å². The van der Waals surface area contributed by atoms with Gasteiger partial charge in [0.25, 0.3) is 0 Å². The Morgan fingerprint density at radius 2 is 1.83 bits per heavy atom. The van der Waals surface area contributed by atoms with E-state index >= 15 is 0 Å². The number of hydrogen-bond donors (Lipinski definition) is 1. The first-order chi connectivity index (χ1) is 8.76. The Morgan fingerprint density at radius 1 is 1.17 bits per heavy atom. The summed E-state index contributed by atoms with van der Waals surface area (Å²) in [5.74, 6) is 0.647. The molecule has 0 spiro atoms. The molecular formula is C14H30N2O2. The van der Waals surface area contributed by atoms with Gasteiger partial charge in [-0.1, -0.05) is 13.3 Å². The van der Waals surface area contributed by atoms with Crippen molar-refractivity contribution in [1.29, 1.82) is 0 Å². The number of rotatable bonds is 9. The normalized spacial score (nSPS) is 24.3. The molecule has 0 radical (unpaired) electrons. The molecule has 1 rings (SSSR count). The minimum absolute atomic E-state index is 0.0982. The van der Waals surface area contributed by atoms with Crippen molar-refractivity contribution in [3.63, 3.8) is 0 Å². The Kier molecular flexibility index (Phi) is 7.82. The molecule has 0 aromatic rings. The van der Waals surface area contributed by atoms with E-state index in [2.05, 4.69) is 11.8 Å². The van der Waals surface area contributed by atoms with Crippen LogP contribution in [0, 0.1) is 5.92 Å². The SMILES string of the molecule is CCOC(CN(CC)C1CCCC1CN)OCC. The second kappa shape index (κ2) is 8.86. The highest BCUT2D eigenvalue weighted by Gasteiger charge is 2.31. The van der Waals surface area contributed by atoms with E-state index in [1.54, 1.807) is 0 Å². The van der Waals surface area contributed by atoms with Gasteiger partial charge in [-0.25, -0.2) is 0 Å². The van der Waals surface area contributed by atoms with Crippen molar-refractivity contribution in [2.45, 2.75) is 52.4 Å². The molecule has 0 heterocycles. The standard InChI is InChI=1S/C14H30N2O2/c1-4-16(11-14(17-5-2)18-6-3)13-9-7-8-12(13)10-15/h12-14H,4-11,15H2,1-3H3. The molecule has 1 fully saturated rings. The first-order valence-electron chi connectivity index (χ1n) is 7.44. The van der Waals surface area contributed by atoms with Crippen molar-refractivity contribution in [2.75, 3.05) is 32.8 Å². The van der Waals surface area contributed by atoms with Gasteiger partial charge in [-0.2, -0.15) is 0 Å². The van der Waals surface area contributed by atoms with Gasteiger partial charge >= 0.3 is 0 Å². The molecule has 2 unspecified atom stereocenters. The molecule has 1 saturated carbocycles. The number of likely N-dealkylation sites (N-methyl/N-ethyl adjacent to an activating group) is 1. The zero-order valence-electron chi connectivity index (χ0n) is 12.2. The molecule has 0 saturated heterocycles. The molecule has 0 aromatic carbocycles. The van der Waals surface area contributed by atoms with Crippen molar-refractivity contribution in [3.8, 4) is 0 Å². The summed E-state index contributed by atoms with van der Waals surface area (Å²) in [5, 5.41) is 0. The van der Waals surface area contributed by atoms with E-state index in [0.29, 0.717) is 25.2 Å². The summed E-state index contributed by atoms with van der Waals surface area (Å²) in [7, 11) is 0. The van der Waals surface area contributed by atoms with Crippen LogP contribution in [0.5, 0.6) is 0 Å². The predicted octanol–water partition coefficient (Wildman–Crippen LogP) is 1.83. The Labute approximate surface area is 112 Å². The van der Waals surface area contributed by atoms with Crippen LogP contribution in [0.4, 0.5) is 0 Å². The lowest BCUT2D eigenvalue weighted by Crippen LogP contribution is -2.45. The molecule has 0 aliphatic heterocycles. The maximum Gasteiger partial charge on any atom is 0.170 e. The molecule has 0 bridgehead atoms. The molecular weight excluding hydrogens is 228 g/mol. The third-order valence-corrected chi connectivity index (χ3v) is 3.89. The number of ether oxygens (including phenoxy) is 2. The summed E-state index contributed by atoms with van der Waals surface area (Å²) >= 11 is 0. The maximum atomic E-state index is 5.88. The highest BCUT2D eigenvalue weighted by molar-refractivity contribution is 4.86. The van der Waals surface area contributed by atoms with Gasteiger partial charge in [0.15, 0.2) is 6.29 Å². The van der Waals surface area contributed by atoms with Crippen LogP contribution in [-0.2, 0) is 9.47 Å². The minimum atomic E-state index is -0.0982. The second-order valence-corrected chi connectivity index (χ2v) is 4.92. The van der Waals surface area contributed by atoms with Gasteiger partial charge in [-0.05, 0) is 45.7 Å². The van der Waals surface area contributed by atoms with E-state index in [4.69, 9.17) is 15.2 Å². The largest absolute Gasteiger partial charge is 0.352 e. The van der Waals surface area contributed by atoms with Gasteiger partial charge in [0.2, 0.25) is 0 Å². The molecule has 2 atom stereocenters. The minimum Gasteiger partial charge on any atom is -0.352 e. The average Bonchev–Trinajstić information content (AvgIpc) is 2.84. The third kappa shape index (κ3) is 4.50. The molecule has 1 aliphatic carbocycles. The predicted molar refractivity (Wildman–Crippen MR) is 74.5 cm³/mol. The summed E-state index contributed by atoms with van der Waals surface area (Å²) in [6.45, 7) is 10.3. The van der Waals surface area contributed by atoms with Gasteiger partial charge in [0, 0.05) is 25.8 Å². The van der Waals surface area contributed by atoms with Crippen molar-refractivity contribution in [3.05, 3.63) is 0 Å². The topological polar surface area (TPSA) is 47.7 Å². The quantitative estimate of drug-likeness (QED) is 0.641. The fourth-order valence-corrected chi connectivity index (χ4v) is 2.99. The van der Waals surface area contributed by atoms with E-state index in [1.807, 2.05) is 13.8 Å². The fraction of sp³-hybridized carbons (Fsp3) is 1.00. The molecule has 2 N–H and O–H groups in total. The lowest BCUT2D eigenvalue weighted by atomic mass is 10.0. The van der Waals surface area contributed by atoms with Crippen LogP contribution >= 0.6 is 0 Å². The number of nitrogens with two attached hydrogens (primary N) is 1. The molecule has 0 aromatic heterocycles. The summed E-state index contributed by atoms with van der Waals surface area (Å²) in [4.78, 5) is 2.49. The summed E-state index contributed by atoms with van der Waals surface area (Å²) < 4.78 is 11.3. The lowest BCUT2D eigenvalue weighted by Gasteiger charge is -2.34. The summed E-state index contributed by atoms with van der Waals surface area (Å²) in [6.07, 6.45) is 3.74. The van der Waals surface area contributed by atoms with Crippen LogP contribution in [-0.4, -0.2) is 50.1 Å². The highest BCUT2D eigenvalue weighted by atomic mass is 16.7. The van der Waals surface area contributed by atoms with Gasteiger partial charge in [-0.15, -0.1) is 0 Å². The maximum absolute atomic E-state index is 5.88. The Balaban J connectivity index is 2.52. The molecule has 1 aliphatic rings. The highest BCUT2D eigenvalue weighted by Crippen LogP contribution is 2.29. The van der Waals surface area contributed by atoms with E-state index in [9.17, 15) is 0 Å². The van der Waals surface area contributed by atoms with Crippen molar-refractivity contribution in [1.82, 2.24) is 4.90 Å². The average molecular weight is 258 g/mol. The molecule has 0 amide bonds. The molecule has 108 valence electrons. The summed E-state index contributed by atoms with van der Waals surface area (Å²) in [6, 6.07) is 0.614. The van der Waals surface area contributed by atoms with Gasteiger partial charge in [-0.3, -0.25) is 4.90 Å².